The molecule has 0 radical (unpaired) electrons. The molecule has 0 aliphatic carbocycles. The summed E-state index contributed by atoms with van der Waals surface area (Å²) >= 11 is 0. The largest absolute Gasteiger partial charge is 0.494 e. The van der Waals surface area contributed by atoms with Gasteiger partial charge in [0, 0.05) is 25.3 Å². The van der Waals surface area contributed by atoms with Crippen LogP contribution in [0.5, 0.6) is 5.75 Å². The molecule has 0 aromatic heterocycles. The third-order valence-corrected chi connectivity index (χ3v) is 9.17. The molecule has 226 valence electrons. The zero-order valence-electron chi connectivity index (χ0n) is 24.8. The Labute approximate surface area is 252 Å². The van der Waals surface area contributed by atoms with Crippen molar-refractivity contribution < 1.29 is 29.0 Å². The quantitative estimate of drug-likeness (QED) is 0.478. The van der Waals surface area contributed by atoms with Crippen molar-refractivity contribution in [3.05, 3.63) is 84.5 Å². The lowest BCUT2D eigenvalue weighted by molar-refractivity contribution is -0.151. The lowest BCUT2D eigenvalue weighted by Crippen LogP contribution is -2.59. The van der Waals surface area contributed by atoms with E-state index in [0.717, 1.165) is 5.56 Å². The van der Waals surface area contributed by atoms with Crippen LogP contribution in [0.15, 0.2) is 78.9 Å². The molecule has 0 bridgehead atoms. The zero-order chi connectivity index (χ0) is 30.3. The van der Waals surface area contributed by atoms with E-state index in [1.165, 1.54) is 4.90 Å². The number of likely N-dealkylation sites (tertiary alicyclic amines) is 1. The molecule has 6 rings (SSSR count). The smallest absolute Gasteiger partial charge is 0.249 e. The van der Waals surface area contributed by atoms with Crippen molar-refractivity contribution >= 4 is 23.4 Å². The lowest BCUT2D eigenvalue weighted by atomic mass is 9.77. The maximum Gasteiger partial charge on any atom is 0.249 e. The molecule has 9 nitrogen and oxygen atoms in total. The van der Waals surface area contributed by atoms with E-state index in [4.69, 9.17) is 9.47 Å². The normalized spacial score (nSPS) is 29.0. The first-order valence-corrected chi connectivity index (χ1v) is 15.1. The first-order chi connectivity index (χ1) is 20.8. The predicted molar refractivity (Wildman–Crippen MR) is 161 cm³/mol. The minimum absolute atomic E-state index is 0.131. The number of nitrogens with zero attached hydrogens (tertiary/aromatic N) is 3. The van der Waals surface area contributed by atoms with Gasteiger partial charge in [-0.25, -0.2) is 0 Å². The molecule has 4 aliphatic heterocycles. The third kappa shape index (κ3) is 4.84. The first kappa shape index (κ1) is 29.1. The van der Waals surface area contributed by atoms with Gasteiger partial charge in [-0.2, -0.15) is 0 Å². The van der Waals surface area contributed by atoms with Crippen LogP contribution in [0.2, 0.25) is 0 Å². The highest BCUT2D eigenvalue weighted by Crippen LogP contribution is 2.54. The summed E-state index contributed by atoms with van der Waals surface area (Å²) in [6, 6.07) is 15.4. The van der Waals surface area contributed by atoms with E-state index >= 15 is 0 Å². The summed E-state index contributed by atoms with van der Waals surface area (Å²) in [5, 5.41) is 10.5. The molecule has 43 heavy (non-hydrogen) atoms. The fourth-order valence-corrected chi connectivity index (χ4v) is 7.17. The average molecular weight is 586 g/mol. The predicted octanol–water partition coefficient (Wildman–Crippen LogP) is 3.18. The van der Waals surface area contributed by atoms with E-state index in [-0.39, 0.29) is 30.2 Å². The van der Waals surface area contributed by atoms with Crippen molar-refractivity contribution in [1.82, 2.24) is 9.80 Å². The highest BCUT2D eigenvalue weighted by atomic mass is 16.5. The van der Waals surface area contributed by atoms with Crippen LogP contribution in [-0.2, 0) is 25.7 Å². The number of carbonyl (C=O) groups is 3. The van der Waals surface area contributed by atoms with Gasteiger partial charge in [-0.15, -0.1) is 0 Å². The van der Waals surface area contributed by atoms with Gasteiger partial charge < -0.3 is 29.3 Å². The standard InChI is InChI=1S/C34H39N3O6/c1-4-42-25-15-13-24(14-16-25)36-19-8-12-27-28(31(36)39)29-32(40)37(26(21-38)22(2)3)30-33(41)35(18-9-17-34(29,30)43-27)20-23-10-6-5-7-11-23/h5-17,22,26-30,38H,4,18-21H2,1-3H3/t26-,27+,28-,29-,30?,34-/m0/s1. The maximum absolute atomic E-state index is 14.6. The first-order valence-electron chi connectivity index (χ1n) is 15.1. The Morgan fingerprint density at radius 3 is 2.40 bits per heavy atom. The van der Waals surface area contributed by atoms with Gasteiger partial charge in [0.1, 0.15) is 17.4 Å². The van der Waals surface area contributed by atoms with Gasteiger partial charge in [0.2, 0.25) is 17.7 Å². The highest BCUT2D eigenvalue weighted by molar-refractivity contribution is 6.04. The number of ether oxygens (including phenoxy) is 2. The monoisotopic (exact) mass is 585 g/mol. The number of hydrogen-bond donors (Lipinski definition) is 1. The molecule has 9 heteroatoms. The number of aliphatic hydroxyl groups is 1. The van der Waals surface area contributed by atoms with Gasteiger partial charge in [-0.05, 0) is 42.7 Å². The second kappa shape index (κ2) is 11.6. The molecule has 4 heterocycles. The number of aliphatic hydroxyl groups excluding tert-OH is 1. The summed E-state index contributed by atoms with van der Waals surface area (Å²) in [6.07, 6.45) is 6.80. The molecule has 0 saturated carbocycles. The van der Waals surface area contributed by atoms with E-state index in [9.17, 15) is 19.5 Å². The molecule has 1 spiro atoms. The molecule has 4 aliphatic rings. The minimum Gasteiger partial charge on any atom is -0.494 e. The Balaban J connectivity index is 1.41. The van der Waals surface area contributed by atoms with E-state index in [1.807, 2.05) is 99.7 Å². The summed E-state index contributed by atoms with van der Waals surface area (Å²) in [7, 11) is 0. The number of amides is 3. The van der Waals surface area contributed by atoms with Crippen molar-refractivity contribution in [2.24, 2.45) is 17.8 Å². The van der Waals surface area contributed by atoms with Gasteiger partial charge in [-0.1, -0.05) is 68.5 Å². The van der Waals surface area contributed by atoms with Gasteiger partial charge in [0.05, 0.1) is 37.2 Å². The van der Waals surface area contributed by atoms with Crippen LogP contribution >= 0.6 is 0 Å². The second-order valence-electron chi connectivity index (χ2n) is 12.0. The molecule has 1 unspecified atom stereocenters. The van der Waals surface area contributed by atoms with E-state index < -0.39 is 35.6 Å². The van der Waals surface area contributed by atoms with Gasteiger partial charge in [0.15, 0.2) is 0 Å². The summed E-state index contributed by atoms with van der Waals surface area (Å²) in [4.78, 5) is 48.4. The van der Waals surface area contributed by atoms with Crippen LogP contribution in [0, 0.1) is 17.8 Å². The Morgan fingerprint density at radius 2 is 1.72 bits per heavy atom. The van der Waals surface area contributed by atoms with E-state index in [1.54, 1.807) is 9.80 Å². The highest BCUT2D eigenvalue weighted by Gasteiger charge is 2.72. The SMILES string of the molecule is CCOc1ccc(N2CC=C[C@H]3O[C@]45C=CCN(Cc6ccccc6)C(=O)C4N([C@@H](CO)C(C)C)C(=O)[C@@H]5[C@H]3C2=O)cc1. The van der Waals surface area contributed by atoms with Crippen LogP contribution in [-0.4, -0.2) is 82.7 Å². The fraction of sp³-hybridized carbons (Fsp3) is 0.441. The number of rotatable bonds is 8. The second-order valence-corrected chi connectivity index (χ2v) is 12.0. The van der Waals surface area contributed by atoms with Crippen LogP contribution in [0.25, 0.3) is 0 Å². The molecule has 2 fully saturated rings. The van der Waals surface area contributed by atoms with Crippen LogP contribution in [0.1, 0.15) is 26.3 Å². The number of anilines is 1. The van der Waals surface area contributed by atoms with E-state index in [0.29, 0.717) is 37.7 Å². The molecule has 2 saturated heterocycles. The molecule has 6 atom stereocenters. The summed E-state index contributed by atoms with van der Waals surface area (Å²) in [5.41, 5.74) is 0.311. The van der Waals surface area contributed by atoms with Crippen molar-refractivity contribution in [1.29, 1.82) is 0 Å². The van der Waals surface area contributed by atoms with Gasteiger partial charge >= 0.3 is 0 Å². The third-order valence-electron chi connectivity index (χ3n) is 9.17. The summed E-state index contributed by atoms with van der Waals surface area (Å²) < 4.78 is 12.3. The maximum atomic E-state index is 14.6. The van der Waals surface area contributed by atoms with Crippen molar-refractivity contribution in [2.45, 2.75) is 51.1 Å². The zero-order valence-corrected chi connectivity index (χ0v) is 24.8. The van der Waals surface area contributed by atoms with Gasteiger partial charge in [0.25, 0.3) is 0 Å². The van der Waals surface area contributed by atoms with Crippen LogP contribution in [0.3, 0.4) is 0 Å². The topological polar surface area (TPSA) is 99.6 Å². The Morgan fingerprint density at radius 1 is 0.977 bits per heavy atom. The Kier molecular flexibility index (Phi) is 7.87. The summed E-state index contributed by atoms with van der Waals surface area (Å²) in [6.45, 7) is 7.02. The average Bonchev–Trinajstić information content (AvgIpc) is 3.32. The Bertz CT molecular complexity index is 1420. The van der Waals surface area contributed by atoms with Crippen LogP contribution in [0.4, 0.5) is 5.69 Å². The molecule has 1 N–H and O–H groups in total. The molecule has 3 amide bonds. The number of hydrogen-bond acceptors (Lipinski definition) is 6. The minimum atomic E-state index is -1.35. The van der Waals surface area contributed by atoms with Crippen molar-refractivity contribution in [3.8, 4) is 5.75 Å². The fourth-order valence-electron chi connectivity index (χ4n) is 7.17. The number of benzene rings is 2. The van der Waals surface area contributed by atoms with Crippen LogP contribution < -0.4 is 9.64 Å². The molecular formula is C34H39N3O6. The number of carbonyl (C=O) groups excluding carboxylic acids is 3. The van der Waals surface area contributed by atoms with E-state index in [2.05, 4.69) is 0 Å². The van der Waals surface area contributed by atoms with Crippen molar-refractivity contribution in [3.63, 3.8) is 0 Å². The molecular weight excluding hydrogens is 546 g/mol. The summed E-state index contributed by atoms with van der Waals surface area (Å²) in [5.74, 6) is -2.00. The lowest BCUT2D eigenvalue weighted by Gasteiger charge is -2.39. The van der Waals surface area contributed by atoms with Crippen molar-refractivity contribution in [2.75, 3.05) is 31.2 Å². The molecule has 2 aromatic rings. The Hall–Kier alpha value is -3.95. The van der Waals surface area contributed by atoms with Gasteiger partial charge in [-0.3, -0.25) is 14.4 Å². The number of fused-ring (bicyclic) bond motifs is 2. The molecule has 2 aromatic carbocycles.